The van der Waals surface area contributed by atoms with Gasteiger partial charge >= 0.3 is 5.97 Å². The molecule has 0 saturated heterocycles. The highest BCUT2D eigenvalue weighted by atomic mass is 79.9. The summed E-state index contributed by atoms with van der Waals surface area (Å²) in [6.45, 7) is 1.60. The lowest BCUT2D eigenvalue weighted by Crippen LogP contribution is -2.10. The molecule has 128 valence electrons. The van der Waals surface area contributed by atoms with E-state index < -0.39 is 11.2 Å². The van der Waals surface area contributed by atoms with Gasteiger partial charge in [-0.2, -0.15) is 0 Å². The van der Waals surface area contributed by atoms with Crippen LogP contribution in [0.1, 0.15) is 6.92 Å². The molecule has 0 aliphatic rings. The van der Waals surface area contributed by atoms with E-state index >= 15 is 0 Å². The van der Waals surface area contributed by atoms with E-state index in [2.05, 4.69) is 36.8 Å². The number of nitrogens with zero attached hydrogens (tertiary/aromatic N) is 1. The molecule has 1 unspecified atom stereocenters. The smallest absolute Gasteiger partial charge is 0.316 e. The van der Waals surface area contributed by atoms with Gasteiger partial charge < -0.3 is 9.52 Å². The lowest BCUT2D eigenvalue weighted by molar-refractivity contribution is -0.136. The Morgan fingerprint density at radius 1 is 1.08 bits per heavy atom. The topological polar surface area (TPSA) is 63.3 Å². The van der Waals surface area contributed by atoms with Crippen molar-refractivity contribution in [1.82, 2.24) is 4.98 Å². The summed E-state index contributed by atoms with van der Waals surface area (Å²) in [4.78, 5) is 15.7. The van der Waals surface area contributed by atoms with E-state index in [0.717, 1.165) is 31.8 Å². The van der Waals surface area contributed by atoms with E-state index in [9.17, 15) is 4.79 Å². The van der Waals surface area contributed by atoms with Crippen LogP contribution in [0.4, 0.5) is 0 Å². The largest absolute Gasteiger partial charge is 0.480 e. The first-order valence-electron chi connectivity index (χ1n) is 7.37. The lowest BCUT2D eigenvalue weighted by Gasteiger charge is -2.05. The van der Waals surface area contributed by atoms with Gasteiger partial charge in [-0.05, 0) is 19.1 Å². The van der Waals surface area contributed by atoms with Crippen LogP contribution in [-0.2, 0) is 4.79 Å². The second-order valence-electron chi connectivity index (χ2n) is 5.22. The van der Waals surface area contributed by atoms with Crippen LogP contribution in [0.5, 0.6) is 0 Å². The van der Waals surface area contributed by atoms with Crippen molar-refractivity contribution in [3.05, 3.63) is 57.5 Å². The number of carboxylic acid groups (broad SMARTS) is 1. The van der Waals surface area contributed by atoms with Gasteiger partial charge in [0, 0.05) is 20.1 Å². The number of oxazole rings is 1. The Bertz CT molecular complexity index is 863. The molecule has 1 N–H and O–H groups in total. The molecule has 0 aliphatic carbocycles. The number of benzene rings is 2. The Morgan fingerprint density at radius 3 is 2.20 bits per heavy atom. The minimum absolute atomic E-state index is 0.325. The summed E-state index contributed by atoms with van der Waals surface area (Å²) in [6, 6.07) is 15.4. The Hall–Kier alpha value is -1.57. The second kappa shape index (κ2) is 7.76. The van der Waals surface area contributed by atoms with Gasteiger partial charge in [-0.3, -0.25) is 4.79 Å². The molecule has 0 aliphatic heterocycles. The van der Waals surface area contributed by atoms with Crippen molar-refractivity contribution in [2.24, 2.45) is 0 Å². The van der Waals surface area contributed by atoms with Crippen LogP contribution >= 0.6 is 43.6 Å². The maximum Gasteiger partial charge on any atom is 0.316 e. The van der Waals surface area contributed by atoms with Gasteiger partial charge in [-0.1, -0.05) is 80.0 Å². The predicted molar refractivity (Wildman–Crippen MR) is 106 cm³/mol. The van der Waals surface area contributed by atoms with Crippen molar-refractivity contribution in [1.29, 1.82) is 0 Å². The lowest BCUT2D eigenvalue weighted by atomic mass is 10.1. The highest BCUT2D eigenvalue weighted by Gasteiger charge is 2.23. The molecule has 0 fully saturated rings. The number of aliphatic carboxylic acids is 1. The van der Waals surface area contributed by atoms with E-state index in [1.165, 1.54) is 0 Å². The Balaban J connectivity index is 2.15. The molecular weight excluding hydrogens is 470 g/mol. The van der Waals surface area contributed by atoms with E-state index in [4.69, 9.17) is 9.52 Å². The molecule has 3 aromatic rings. The van der Waals surface area contributed by atoms with Crippen molar-refractivity contribution < 1.29 is 14.3 Å². The summed E-state index contributed by atoms with van der Waals surface area (Å²) in [5.41, 5.74) is 2.40. The summed E-state index contributed by atoms with van der Waals surface area (Å²) in [5.74, 6) is -0.312. The molecule has 25 heavy (non-hydrogen) atoms. The first kappa shape index (κ1) is 18.2. The van der Waals surface area contributed by atoms with Crippen molar-refractivity contribution in [3.8, 4) is 22.6 Å². The van der Waals surface area contributed by atoms with Gasteiger partial charge in [0.15, 0.2) is 5.76 Å². The molecule has 0 bridgehead atoms. The number of hydrogen-bond acceptors (Lipinski definition) is 4. The molecule has 1 aromatic heterocycles. The zero-order chi connectivity index (χ0) is 18.0. The third-order valence-corrected chi connectivity index (χ3v) is 5.79. The van der Waals surface area contributed by atoms with Crippen molar-refractivity contribution in [2.75, 3.05) is 0 Å². The molecule has 0 radical (unpaired) electrons. The fourth-order valence-electron chi connectivity index (χ4n) is 2.22. The fraction of sp³-hybridized carbons (Fsp3) is 0.111. The van der Waals surface area contributed by atoms with E-state index in [0.29, 0.717) is 16.7 Å². The average Bonchev–Trinajstić information content (AvgIpc) is 2.99. The molecule has 0 amide bonds. The molecular formula is C18H13Br2NO3S. The van der Waals surface area contributed by atoms with Gasteiger partial charge in [0.2, 0.25) is 0 Å². The summed E-state index contributed by atoms with van der Waals surface area (Å²) >= 11 is 8.17. The van der Waals surface area contributed by atoms with Crippen LogP contribution < -0.4 is 0 Å². The molecule has 2 aromatic carbocycles. The van der Waals surface area contributed by atoms with Gasteiger partial charge in [0.05, 0.1) is 0 Å². The molecule has 3 rings (SSSR count). The van der Waals surface area contributed by atoms with Gasteiger partial charge in [0.25, 0.3) is 5.22 Å². The highest BCUT2D eigenvalue weighted by molar-refractivity contribution is 9.11. The van der Waals surface area contributed by atoms with Gasteiger partial charge in [-0.25, -0.2) is 4.98 Å². The van der Waals surface area contributed by atoms with Crippen LogP contribution in [0.2, 0.25) is 0 Å². The monoisotopic (exact) mass is 481 g/mol. The highest BCUT2D eigenvalue weighted by Crippen LogP contribution is 2.41. The summed E-state index contributed by atoms with van der Waals surface area (Å²) < 4.78 is 7.72. The third kappa shape index (κ3) is 3.99. The molecule has 4 nitrogen and oxygen atoms in total. The van der Waals surface area contributed by atoms with Gasteiger partial charge in [-0.15, -0.1) is 0 Å². The summed E-state index contributed by atoms with van der Waals surface area (Å²) in [6.07, 6.45) is 0. The van der Waals surface area contributed by atoms with Gasteiger partial charge in [0.1, 0.15) is 10.9 Å². The first-order valence-corrected chi connectivity index (χ1v) is 9.84. The van der Waals surface area contributed by atoms with Crippen LogP contribution in [0.3, 0.4) is 0 Å². The zero-order valence-corrected chi connectivity index (χ0v) is 17.1. The third-order valence-electron chi connectivity index (χ3n) is 3.48. The zero-order valence-electron chi connectivity index (χ0n) is 13.1. The number of rotatable bonds is 5. The number of halogens is 2. The van der Waals surface area contributed by atoms with Crippen molar-refractivity contribution >= 4 is 49.6 Å². The summed E-state index contributed by atoms with van der Waals surface area (Å²) in [5, 5.41) is 8.81. The first-order chi connectivity index (χ1) is 12.0. The molecule has 1 atom stereocenters. The standard InChI is InChI=1S/C18H13Br2NO3S/c1-10(17(22)23)25-18-21-15(11-6-2-4-8-13(11)19)16(24-18)12-7-3-5-9-14(12)20/h2-10H,1H3,(H,22,23). The number of carbonyl (C=O) groups is 1. The number of hydrogen-bond donors (Lipinski definition) is 1. The van der Waals surface area contributed by atoms with Crippen molar-refractivity contribution in [3.63, 3.8) is 0 Å². The number of aromatic nitrogens is 1. The van der Waals surface area contributed by atoms with Crippen LogP contribution in [0.15, 0.2) is 67.1 Å². The normalized spacial score (nSPS) is 12.1. The molecule has 0 saturated carbocycles. The molecule has 1 heterocycles. The Morgan fingerprint density at radius 2 is 1.64 bits per heavy atom. The predicted octanol–water partition coefficient (Wildman–Crippen LogP) is 6.10. The van der Waals surface area contributed by atoms with E-state index in [1.54, 1.807) is 6.92 Å². The Kier molecular flexibility index (Phi) is 5.66. The Labute approximate surface area is 165 Å². The van der Waals surface area contributed by atoms with Crippen molar-refractivity contribution in [2.45, 2.75) is 17.4 Å². The SMILES string of the molecule is CC(Sc1nc(-c2ccccc2Br)c(-c2ccccc2Br)o1)C(=O)O. The second-order valence-corrected chi connectivity index (χ2v) is 8.22. The maximum atomic E-state index is 11.1. The van der Waals surface area contributed by atoms with E-state index in [-0.39, 0.29) is 0 Å². The van der Waals surface area contributed by atoms with Crippen LogP contribution in [-0.4, -0.2) is 21.3 Å². The number of carboxylic acids is 1. The minimum atomic E-state index is -0.909. The molecule has 7 heteroatoms. The maximum absolute atomic E-state index is 11.1. The van der Waals surface area contributed by atoms with E-state index in [1.807, 2.05) is 48.5 Å². The summed E-state index contributed by atoms with van der Waals surface area (Å²) in [7, 11) is 0. The number of thioether (sulfide) groups is 1. The average molecular weight is 483 g/mol. The van der Waals surface area contributed by atoms with Crippen LogP contribution in [0.25, 0.3) is 22.6 Å². The fourth-order valence-corrected chi connectivity index (χ4v) is 3.83. The molecule has 0 spiro atoms. The van der Waals surface area contributed by atoms with Crippen LogP contribution in [0, 0.1) is 0 Å². The quantitative estimate of drug-likeness (QED) is 0.445. The minimum Gasteiger partial charge on any atom is -0.480 e.